The lowest BCUT2D eigenvalue weighted by Gasteiger charge is -2.26. The van der Waals surface area contributed by atoms with Crippen LogP contribution in [-0.4, -0.2) is 20.0 Å². The van der Waals surface area contributed by atoms with Gasteiger partial charge in [-0.3, -0.25) is 0 Å². The minimum atomic E-state index is -0.250. The highest BCUT2D eigenvalue weighted by Crippen LogP contribution is 2.33. The van der Waals surface area contributed by atoms with Crippen LogP contribution in [0.2, 0.25) is 0 Å². The van der Waals surface area contributed by atoms with Gasteiger partial charge >= 0.3 is 0 Å². The Labute approximate surface area is 139 Å². The van der Waals surface area contributed by atoms with Crippen LogP contribution < -0.4 is 9.47 Å². The number of ether oxygens (including phenoxy) is 3. The second kappa shape index (κ2) is 7.51. The molecule has 0 N–H and O–H groups in total. The van der Waals surface area contributed by atoms with Crippen LogP contribution in [0.5, 0.6) is 11.5 Å². The Morgan fingerprint density at radius 2 is 1.35 bits per heavy atom. The van der Waals surface area contributed by atoms with E-state index in [1.54, 1.807) is 7.11 Å². The third kappa shape index (κ3) is 4.26. The fourth-order valence-electron chi connectivity index (χ4n) is 2.49. The zero-order valence-electron chi connectivity index (χ0n) is 14.6. The van der Waals surface area contributed by atoms with Crippen molar-refractivity contribution in [1.29, 1.82) is 0 Å². The Bertz CT molecular complexity index is 600. The van der Waals surface area contributed by atoms with E-state index in [-0.39, 0.29) is 11.7 Å². The highest BCUT2D eigenvalue weighted by Gasteiger charge is 2.23. The van der Waals surface area contributed by atoms with Crippen molar-refractivity contribution in [3.05, 3.63) is 59.7 Å². The molecule has 2 aromatic carbocycles. The molecule has 0 saturated heterocycles. The molecule has 2 rings (SSSR count). The topological polar surface area (TPSA) is 27.7 Å². The van der Waals surface area contributed by atoms with Gasteiger partial charge in [0.05, 0.1) is 6.61 Å². The molecule has 0 fully saturated rings. The summed E-state index contributed by atoms with van der Waals surface area (Å²) in [6.45, 7) is 8.99. The first-order valence-electron chi connectivity index (χ1n) is 8.00. The number of hydrogen-bond donors (Lipinski definition) is 0. The van der Waals surface area contributed by atoms with E-state index in [0.717, 1.165) is 11.5 Å². The van der Waals surface area contributed by atoms with E-state index in [2.05, 4.69) is 38.1 Å². The number of benzene rings is 2. The fraction of sp³-hybridized carbons (Fsp3) is 0.400. The molecule has 0 aliphatic carbocycles. The van der Waals surface area contributed by atoms with Crippen molar-refractivity contribution in [2.75, 3.05) is 13.7 Å². The van der Waals surface area contributed by atoms with Crippen LogP contribution in [0, 0.1) is 0 Å². The van der Waals surface area contributed by atoms with Gasteiger partial charge in [0.1, 0.15) is 11.5 Å². The highest BCUT2D eigenvalue weighted by molar-refractivity contribution is 5.41. The fourth-order valence-corrected chi connectivity index (χ4v) is 2.49. The van der Waals surface area contributed by atoms with E-state index in [1.807, 2.05) is 38.1 Å². The maximum Gasteiger partial charge on any atom is 0.196 e. The van der Waals surface area contributed by atoms with Gasteiger partial charge in [-0.2, -0.15) is 0 Å². The molecule has 0 radical (unpaired) electrons. The standard InChI is InChI=1S/C20H26O3/c1-6-22-18-11-7-16(8-12-18)20(3,4)17-9-13-19(14-10-17)23-15(2)21-5/h7-15H,6H2,1-5H3. The third-order valence-corrected chi connectivity index (χ3v) is 4.10. The van der Waals surface area contributed by atoms with Gasteiger partial charge in [0, 0.05) is 12.5 Å². The maximum absolute atomic E-state index is 5.64. The lowest BCUT2D eigenvalue weighted by molar-refractivity contribution is -0.0382. The average Bonchev–Trinajstić information content (AvgIpc) is 2.56. The first-order chi connectivity index (χ1) is 11.0. The van der Waals surface area contributed by atoms with Gasteiger partial charge in [0.25, 0.3) is 0 Å². The van der Waals surface area contributed by atoms with E-state index in [0.29, 0.717) is 6.61 Å². The van der Waals surface area contributed by atoms with Gasteiger partial charge in [-0.15, -0.1) is 0 Å². The summed E-state index contributed by atoms with van der Waals surface area (Å²) in [5.74, 6) is 1.72. The number of rotatable bonds is 7. The van der Waals surface area contributed by atoms with E-state index in [1.165, 1.54) is 11.1 Å². The quantitative estimate of drug-likeness (QED) is 0.688. The van der Waals surface area contributed by atoms with Crippen molar-refractivity contribution in [2.24, 2.45) is 0 Å². The first-order valence-corrected chi connectivity index (χ1v) is 8.00. The van der Waals surface area contributed by atoms with Crippen molar-refractivity contribution in [2.45, 2.75) is 39.4 Å². The van der Waals surface area contributed by atoms with E-state index < -0.39 is 0 Å². The van der Waals surface area contributed by atoms with Crippen molar-refractivity contribution < 1.29 is 14.2 Å². The summed E-state index contributed by atoms with van der Waals surface area (Å²) in [6.07, 6.45) is -0.250. The summed E-state index contributed by atoms with van der Waals surface area (Å²) >= 11 is 0. The minimum Gasteiger partial charge on any atom is -0.494 e. The molecule has 3 heteroatoms. The van der Waals surface area contributed by atoms with Crippen LogP contribution in [0.1, 0.15) is 38.8 Å². The Kier molecular flexibility index (Phi) is 5.67. The Balaban J connectivity index is 2.18. The molecule has 0 bridgehead atoms. The molecule has 2 aromatic rings. The van der Waals surface area contributed by atoms with Crippen molar-refractivity contribution in [1.82, 2.24) is 0 Å². The molecule has 0 saturated carbocycles. The largest absolute Gasteiger partial charge is 0.494 e. The molecular weight excluding hydrogens is 288 g/mol. The maximum atomic E-state index is 5.64. The molecule has 0 aliphatic rings. The normalized spacial score (nSPS) is 12.7. The molecule has 3 nitrogen and oxygen atoms in total. The van der Waals surface area contributed by atoms with Gasteiger partial charge in [-0.05, 0) is 49.2 Å². The van der Waals surface area contributed by atoms with Gasteiger partial charge in [-0.25, -0.2) is 0 Å². The third-order valence-electron chi connectivity index (χ3n) is 4.10. The second-order valence-corrected chi connectivity index (χ2v) is 6.03. The Morgan fingerprint density at radius 1 is 0.870 bits per heavy atom. The minimum absolute atomic E-state index is 0.0872. The molecule has 23 heavy (non-hydrogen) atoms. The lowest BCUT2D eigenvalue weighted by Crippen LogP contribution is -2.19. The van der Waals surface area contributed by atoms with Crippen LogP contribution >= 0.6 is 0 Å². The number of hydrogen-bond acceptors (Lipinski definition) is 3. The van der Waals surface area contributed by atoms with Crippen molar-refractivity contribution >= 4 is 0 Å². The van der Waals surface area contributed by atoms with Crippen LogP contribution in [0.4, 0.5) is 0 Å². The van der Waals surface area contributed by atoms with Crippen LogP contribution in [0.3, 0.4) is 0 Å². The van der Waals surface area contributed by atoms with Crippen LogP contribution in [-0.2, 0) is 10.2 Å². The molecule has 0 amide bonds. The summed E-state index contributed by atoms with van der Waals surface area (Å²) in [7, 11) is 1.63. The average molecular weight is 314 g/mol. The van der Waals surface area contributed by atoms with Crippen molar-refractivity contribution in [3.8, 4) is 11.5 Å². The smallest absolute Gasteiger partial charge is 0.196 e. The molecule has 124 valence electrons. The molecule has 0 heterocycles. The van der Waals surface area contributed by atoms with Crippen LogP contribution in [0.25, 0.3) is 0 Å². The van der Waals surface area contributed by atoms with Crippen LogP contribution in [0.15, 0.2) is 48.5 Å². The zero-order valence-corrected chi connectivity index (χ0v) is 14.6. The predicted octanol–water partition coefficient (Wildman–Crippen LogP) is 4.78. The summed E-state index contributed by atoms with van der Waals surface area (Å²) in [6, 6.07) is 16.5. The molecule has 1 atom stereocenters. The van der Waals surface area contributed by atoms with Gasteiger partial charge in [0.2, 0.25) is 0 Å². The van der Waals surface area contributed by atoms with Crippen molar-refractivity contribution in [3.63, 3.8) is 0 Å². The summed E-state index contributed by atoms with van der Waals surface area (Å²) < 4.78 is 16.3. The van der Waals surface area contributed by atoms with Gasteiger partial charge in [0.15, 0.2) is 6.29 Å². The summed E-state index contributed by atoms with van der Waals surface area (Å²) in [4.78, 5) is 0. The highest BCUT2D eigenvalue weighted by atomic mass is 16.7. The monoisotopic (exact) mass is 314 g/mol. The van der Waals surface area contributed by atoms with E-state index in [9.17, 15) is 0 Å². The molecule has 0 aliphatic heterocycles. The van der Waals surface area contributed by atoms with E-state index in [4.69, 9.17) is 14.2 Å². The Hall–Kier alpha value is -2.00. The molecule has 1 unspecified atom stereocenters. The summed E-state index contributed by atoms with van der Waals surface area (Å²) in [5, 5.41) is 0. The zero-order chi connectivity index (χ0) is 16.9. The first kappa shape index (κ1) is 17.4. The Morgan fingerprint density at radius 3 is 1.78 bits per heavy atom. The predicted molar refractivity (Wildman–Crippen MR) is 93.3 cm³/mol. The van der Waals surface area contributed by atoms with Gasteiger partial charge < -0.3 is 14.2 Å². The molecule has 0 spiro atoms. The summed E-state index contributed by atoms with van der Waals surface area (Å²) in [5.41, 5.74) is 2.40. The second-order valence-electron chi connectivity index (χ2n) is 6.03. The van der Waals surface area contributed by atoms with E-state index >= 15 is 0 Å². The molecular formula is C20H26O3. The lowest BCUT2D eigenvalue weighted by atomic mass is 9.78. The SMILES string of the molecule is CCOc1ccc(C(C)(C)c2ccc(OC(C)OC)cc2)cc1. The molecule has 0 aromatic heterocycles. The number of methoxy groups -OCH3 is 1. The van der Waals surface area contributed by atoms with Gasteiger partial charge in [-0.1, -0.05) is 38.1 Å².